The van der Waals surface area contributed by atoms with Gasteiger partial charge in [0, 0.05) is 30.6 Å². The molecule has 10 heteroatoms. The number of ether oxygens (including phenoxy) is 2. The SMILES string of the molecule is O=C(CCC(=O)[NH+]([O-])C[C@@H]1CN(c2ccc(C3CNCCO3)c(F)c2)C(=O)O1)c1ccc2ccccc2c1. The molecule has 2 N–H and O–H groups in total. The van der Waals surface area contributed by atoms with Gasteiger partial charge in [-0.15, -0.1) is 0 Å². The fraction of sp³-hybridized carbons (Fsp3) is 0.321. The highest BCUT2D eigenvalue weighted by Gasteiger charge is 2.35. The Morgan fingerprint density at radius 2 is 1.89 bits per heavy atom. The smallest absolute Gasteiger partial charge is 0.414 e. The summed E-state index contributed by atoms with van der Waals surface area (Å²) in [6, 6.07) is 17.4. The van der Waals surface area contributed by atoms with Crippen LogP contribution in [0.2, 0.25) is 0 Å². The number of hydroxylamine groups is 2. The van der Waals surface area contributed by atoms with E-state index in [0.29, 0.717) is 36.5 Å². The number of cyclic esters (lactones) is 1. The van der Waals surface area contributed by atoms with E-state index >= 15 is 0 Å². The summed E-state index contributed by atoms with van der Waals surface area (Å²) in [5.41, 5.74) is 1.17. The highest BCUT2D eigenvalue weighted by Crippen LogP contribution is 2.28. The topological polar surface area (TPSA) is 112 Å². The lowest BCUT2D eigenvalue weighted by Crippen LogP contribution is -3.11. The van der Waals surface area contributed by atoms with Crippen LogP contribution in [0.1, 0.15) is 34.9 Å². The van der Waals surface area contributed by atoms with Gasteiger partial charge in [-0.1, -0.05) is 42.5 Å². The minimum atomic E-state index is -0.844. The fourth-order valence-corrected chi connectivity index (χ4v) is 4.74. The van der Waals surface area contributed by atoms with E-state index in [4.69, 9.17) is 9.47 Å². The molecule has 0 bridgehead atoms. The van der Waals surface area contributed by atoms with Gasteiger partial charge in [0.1, 0.15) is 12.4 Å². The summed E-state index contributed by atoms with van der Waals surface area (Å²) >= 11 is 0. The highest BCUT2D eigenvalue weighted by atomic mass is 19.1. The Morgan fingerprint density at radius 3 is 2.66 bits per heavy atom. The number of hydrogen-bond donors (Lipinski definition) is 2. The number of benzene rings is 3. The van der Waals surface area contributed by atoms with Crippen molar-refractivity contribution >= 4 is 34.2 Å². The molecule has 5 rings (SSSR count). The number of morpholine rings is 1. The Bertz CT molecular complexity index is 1360. The third-order valence-corrected chi connectivity index (χ3v) is 6.82. The maximum absolute atomic E-state index is 14.8. The van der Waals surface area contributed by atoms with Crippen molar-refractivity contribution in [3.8, 4) is 0 Å². The van der Waals surface area contributed by atoms with Gasteiger partial charge in [0.2, 0.25) is 0 Å². The van der Waals surface area contributed by atoms with Gasteiger partial charge < -0.3 is 25.1 Å². The second kappa shape index (κ2) is 11.4. The standard InChI is InChI=1S/C28H28FN3O6/c29-24-14-21(7-8-23(24)26-15-30-11-12-37-26)31-16-22(38-28(31)35)17-32(36)27(34)10-9-25(33)20-6-5-18-3-1-2-4-19(18)13-20/h1-8,13-14,22,26,30,32H,9-12,15-17H2/t22-,26?/m0/s1. The van der Waals surface area contributed by atoms with Crippen molar-refractivity contribution in [3.63, 3.8) is 0 Å². The van der Waals surface area contributed by atoms with E-state index in [1.54, 1.807) is 24.3 Å². The molecular formula is C28H28FN3O6. The van der Waals surface area contributed by atoms with Crippen molar-refractivity contribution in [3.05, 3.63) is 82.8 Å². The number of rotatable bonds is 8. The monoisotopic (exact) mass is 521 g/mol. The number of amides is 2. The first-order valence-electron chi connectivity index (χ1n) is 12.6. The molecular weight excluding hydrogens is 493 g/mol. The third kappa shape index (κ3) is 5.73. The summed E-state index contributed by atoms with van der Waals surface area (Å²) in [6.45, 7) is 1.39. The normalized spacial score (nSPS) is 20.4. The van der Waals surface area contributed by atoms with Crippen molar-refractivity contribution in [2.24, 2.45) is 0 Å². The van der Waals surface area contributed by atoms with Gasteiger partial charge in [-0.2, -0.15) is 0 Å². The molecule has 0 spiro atoms. The molecule has 2 aliphatic heterocycles. The first-order chi connectivity index (χ1) is 18.4. The molecule has 3 aromatic rings. The first-order valence-corrected chi connectivity index (χ1v) is 12.6. The van der Waals surface area contributed by atoms with E-state index in [-0.39, 0.29) is 31.7 Å². The average Bonchev–Trinajstić information content (AvgIpc) is 3.31. The number of quaternary nitrogens is 1. The number of carbonyl (C=O) groups excluding carboxylic acids is 3. The van der Waals surface area contributed by atoms with E-state index in [9.17, 15) is 24.0 Å². The number of carbonyl (C=O) groups is 3. The van der Waals surface area contributed by atoms with Crippen LogP contribution < -0.4 is 15.3 Å². The van der Waals surface area contributed by atoms with E-state index in [0.717, 1.165) is 10.8 Å². The average molecular weight is 522 g/mol. The van der Waals surface area contributed by atoms with Crippen LogP contribution in [-0.4, -0.2) is 56.7 Å². The lowest BCUT2D eigenvalue weighted by atomic mass is 10.0. The Balaban J connectivity index is 1.14. The van der Waals surface area contributed by atoms with Gasteiger partial charge in [-0.3, -0.25) is 9.69 Å². The predicted octanol–water partition coefficient (Wildman–Crippen LogP) is 2.54. The summed E-state index contributed by atoms with van der Waals surface area (Å²) < 4.78 is 25.6. The van der Waals surface area contributed by atoms with Crippen LogP contribution in [0.3, 0.4) is 0 Å². The third-order valence-electron chi connectivity index (χ3n) is 6.82. The molecule has 2 heterocycles. The number of ketones is 1. The number of nitrogens with zero attached hydrogens (tertiary/aromatic N) is 1. The minimum Gasteiger partial charge on any atom is -0.627 e. The molecule has 3 aromatic carbocycles. The van der Waals surface area contributed by atoms with Crippen molar-refractivity contribution in [1.82, 2.24) is 5.32 Å². The summed E-state index contributed by atoms with van der Waals surface area (Å²) in [4.78, 5) is 38.6. The molecule has 9 nitrogen and oxygen atoms in total. The number of fused-ring (bicyclic) bond motifs is 1. The fourth-order valence-electron chi connectivity index (χ4n) is 4.74. The van der Waals surface area contributed by atoms with Gasteiger partial charge in [0.15, 0.2) is 11.9 Å². The molecule has 2 unspecified atom stereocenters. The van der Waals surface area contributed by atoms with Gasteiger partial charge in [0.05, 0.1) is 31.4 Å². The molecule has 0 aromatic heterocycles. The molecule has 198 valence electrons. The zero-order valence-electron chi connectivity index (χ0n) is 20.7. The van der Waals surface area contributed by atoms with Gasteiger partial charge >= 0.3 is 12.0 Å². The number of hydrogen-bond acceptors (Lipinski definition) is 7. The van der Waals surface area contributed by atoms with Crippen LogP contribution in [0.5, 0.6) is 0 Å². The summed E-state index contributed by atoms with van der Waals surface area (Å²) in [7, 11) is 0. The van der Waals surface area contributed by atoms with Crippen molar-refractivity contribution < 1.29 is 33.3 Å². The Kier molecular flexibility index (Phi) is 7.75. The molecule has 2 saturated heterocycles. The molecule has 0 aliphatic carbocycles. The second-order valence-electron chi connectivity index (χ2n) is 9.42. The van der Waals surface area contributed by atoms with Gasteiger partial charge in [-0.25, -0.2) is 14.0 Å². The maximum Gasteiger partial charge on any atom is 0.414 e. The van der Waals surface area contributed by atoms with Gasteiger partial charge in [0.25, 0.3) is 0 Å². The number of halogens is 1. The second-order valence-corrected chi connectivity index (χ2v) is 9.42. The summed E-state index contributed by atoms with van der Waals surface area (Å²) in [6.07, 6.45) is -2.29. The van der Waals surface area contributed by atoms with Crippen LogP contribution in [0.4, 0.5) is 14.9 Å². The van der Waals surface area contributed by atoms with Crippen molar-refractivity contribution in [1.29, 1.82) is 0 Å². The molecule has 2 aliphatic rings. The zero-order chi connectivity index (χ0) is 26.6. The summed E-state index contributed by atoms with van der Waals surface area (Å²) in [5.74, 6) is -1.42. The van der Waals surface area contributed by atoms with Crippen LogP contribution in [0.25, 0.3) is 10.8 Å². The Hall–Kier alpha value is -3.70. The van der Waals surface area contributed by atoms with Crippen molar-refractivity contribution in [2.45, 2.75) is 25.0 Å². The lowest BCUT2D eigenvalue weighted by Gasteiger charge is -2.25. The van der Waals surface area contributed by atoms with Crippen LogP contribution >= 0.6 is 0 Å². The quantitative estimate of drug-likeness (QED) is 0.346. The van der Waals surface area contributed by atoms with E-state index in [1.165, 1.54) is 11.0 Å². The van der Waals surface area contributed by atoms with E-state index in [2.05, 4.69) is 5.32 Å². The molecule has 0 saturated carbocycles. The van der Waals surface area contributed by atoms with E-state index < -0.39 is 35.1 Å². The lowest BCUT2D eigenvalue weighted by molar-refractivity contribution is -0.769. The Morgan fingerprint density at radius 1 is 1.08 bits per heavy atom. The number of anilines is 1. The Labute approximate surface area is 218 Å². The number of nitrogens with one attached hydrogen (secondary N) is 2. The molecule has 2 fully saturated rings. The van der Waals surface area contributed by atoms with Crippen molar-refractivity contribution in [2.75, 3.05) is 37.7 Å². The molecule has 38 heavy (non-hydrogen) atoms. The maximum atomic E-state index is 14.8. The molecule has 3 atom stereocenters. The van der Waals surface area contributed by atoms with Crippen LogP contribution in [-0.2, 0) is 14.3 Å². The minimum absolute atomic E-state index is 0.00808. The van der Waals surface area contributed by atoms with Crippen LogP contribution in [0.15, 0.2) is 60.7 Å². The molecule has 2 amide bonds. The highest BCUT2D eigenvalue weighted by molar-refractivity contribution is 6.00. The first kappa shape index (κ1) is 25.9. The number of Topliss-reactive ketones (excluding diaryl/α,β-unsaturated/α-hetero) is 1. The van der Waals surface area contributed by atoms with Gasteiger partial charge in [-0.05, 0) is 29.0 Å². The van der Waals surface area contributed by atoms with Crippen LogP contribution in [0, 0.1) is 11.0 Å². The molecule has 0 radical (unpaired) electrons. The summed E-state index contributed by atoms with van der Waals surface area (Å²) in [5, 5.41) is 16.9. The predicted molar refractivity (Wildman–Crippen MR) is 137 cm³/mol. The zero-order valence-corrected chi connectivity index (χ0v) is 20.7. The van der Waals surface area contributed by atoms with E-state index in [1.807, 2.05) is 30.3 Å². The largest absolute Gasteiger partial charge is 0.627 e.